The van der Waals surface area contributed by atoms with Crippen LogP contribution in [0.3, 0.4) is 0 Å². The van der Waals surface area contributed by atoms with Crippen molar-refractivity contribution in [2.24, 2.45) is 5.73 Å². The van der Waals surface area contributed by atoms with E-state index in [1.807, 2.05) is 0 Å². The highest BCUT2D eigenvalue weighted by Crippen LogP contribution is 2.42. The van der Waals surface area contributed by atoms with Crippen LogP contribution in [0.5, 0.6) is 5.75 Å². The molecular weight excluding hydrogens is 344 g/mol. The Morgan fingerprint density at radius 1 is 1.16 bits per heavy atom. The maximum atomic E-state index is 14.2. The molecule has 2 amide bonds. The number of nitrogens with zero attached hydrogens (tertiary/aromatic N) is 1. The second-order valence-electron chi connectivity index (χ2n) is 5.29. The Morgan fingerprint density at radius 2 is 1.76 bits per heavy atom. The summed E-state index contributed by atoms with van der Waals surface area (Å²) in [6.07, 6.45) is -4.78. The predicted molar refractivity (Wildman–Crippen MR) is 81.6 cm³/mol. The van der Waals surface area contributed by atoms with Gasteiger partial charge >= 0.3 is 6.18 Å². The maximum absolute atomic E-state index is 14.2. The van der Waals surface area contributed by atoms with Crippen molar-refractivity contribution in [2.45, 2.75) is 6.18 Å². The highest BCUT2D eigenvalue weighted by molar-refractivity contribution is 6.09. The third kappa shape index (κ3) is 3.49. The quantitative estimate of drug-likeness (QED) is 0.854. The molecule has 0 aromatic heterocycles. The van der Waals surface area contributed by atoms with E-state index in [0.29, 0.717) is 0 Å². The van der Waals surface area contributed by atoms with Gasteiger partial charge in [-0.25, -0.2) is 4.39 Å². The van der Waals surface area contributed by atoms with Crippen molar-refractivity contribution in [2.75, 3.05) is 20.7 Å². The lowest BCUT2D eigenvalue weighted by Gasteiger charge is -2.19. The van der Waals surface area contributed by atoms with Crippen molar-refractivity contribution < 1.29 is 31.9 Å². The average molecular weight is 358 g/mol. The molecule has 0 aliphatic carbocycles. The first kappa shape index (κ1) is 18.5. The molecule has 0 radical (unpaired) electrons. The normalized spacial score (nSPS) is 11.4. The number of benzene rings is 2. The lowest BCUT2D eigenvalue weighted by molar-refractivity contribution is -0.137. The van der Waals surface area contributed by atoms with Crippen molar-refractivity contribution in [3.8, 4) is 5.75 Å². The monoisotopic (exact) mass is 358 g/mol. The first-order valence-corrected chi connectivity index (χ1v) is 6.98. The SMILES string of the molecule is COc1ccc2c(C(=O)N(C)CC(N)=O)c(F)ccc2c1C(F)(F)F. The Labute approximate surface area is 140 Å². The van der Waals surface area contributed by atoms with Crippen molar-refractivity contribution >= 4 is 22.6 Å². The zero-order chi connectivity index (χ0) is 18.9. The molecule has 0 aliphatic rings. The number of amides is 2. The van der Waals surface area contributed by atoms with E-state index in [-0.39, 0.29) is 10.8 Å². The van der Waals surface area contributed by atoms with Gasteiger partial charge in [0.05, 0.1) is 19.2 Å². The van der Waals surface area contributed by atoms with Gasteiger partial charge < -0.3 is 15.4 Å². The number of methoxy groups -OCH3 is 1. The number of fused-ring (bicyclic) bond motifs is 1. The Bertz CT molecular complexity index is 849. The van der Waals surface area contributed by atoms with Gasteiger partial charge in [0.25, 0.3) is 5.91 Å². The van der Waals surface area contributed by atoms with Crippen LogP contribution in [0.25, 0.3) is 10.8 Å². The second kappa shape index (κ2) is 6.58. The number of rotatable bonds is 4. The van der Waals surface area contributed by atoms with Crippen LogP contribution >= 0.6 is 0 Å². The lowest BCUT2D eigenvalue weighted by Crippen LogP contribution is -2.35. The summed E-state index contributed by atoms with van der Waals surface area (Å²) in [6.45, 7) is -0.503. The van der Waals surface area contributed by atoms with Gasteiger partial charge in [-0.2, -0.15) is 13.2 Å². The molecule has 134 valence electrons. The molecule has 9 heteroatoms. The van der Waals surface area contributed by atoms with E-state index in [1.165, 1.54) is 7.05 Å². The van der Waals surface area contributed by atoms with Gasteiger partial charge in [-0.05, 0) is 29.0 Å². The molecule has 0 atom stereocenters. The van der Waals surface area contributed by atoms with Gasteiger partial charge in [-0.1, -0.05) is 6.07 Å². The highest BCUT2D eigenvalue weighted by Gasteiger charge is 2.37. The summed E-state index contributed by atoms with van der Waals surface area (Å²) in [5, 5.41) is -0.626. The van der Waals surface area contributed by atoms with Crippen LogP contribution in [-0.4, -0.2) is 37.4 Å². The molecule has 0 fully saturated rings. The number of hydrogen-bond acceptors (Lipinski definition) is 3. The van der Waals surface area contributed by atoms with Crippen LogP contribution in [0.1, 0.15) is 15.9 Å². The van der Waals surface area contributed by atoms with E-state index < -0.39 is 47.2 Å². The summed E-state index contributed by atoms with van der Waals surface area (Å²) in [5.41, 5.74) is 3.30. The van der Waals surface area contributed by atoms with Gasteiger partial charge in [0.1, 0.15) is 17.1 Å². The number of likely N-dealkylation sites (N-methyl/N-ethyl adjacent to an activating group) is 1. The maximum Gasteiger partial charge on any atom is 0.420 e. The van der Waals surface area contributed by atoms with E-state index in [2.05, 4.69) is 0 Å². The minimum Gasteiger partial charge on any atom is -0.496 e. The molecule has 2 rings (SSSR count). The standard InChI is InChI=1S/C16H14F4N2O3/c1-22(7-12(21)23)15(24)13-8-4-6-11(25-2)14(16(18,19)20)9(8)3-5-10(13)17/h3-6H,7H2,1-2H3,(H2,21,23). The smallest absolute Gasteiger partial charge is 0.420 e. The zero-order valence-electron chi connectivity index (χ0n) is 13.3. The first-order valence-electron chi connectivity index (χ1n) is 6.98. The summed E-state index contributed by atoms with van der Waals surface area (Å²) in [5.74, 6) is -3.25. The zero-order valence-corrected chi connectivity index (χ0v) is 13.3. The summed E-state index contributed by atoms with van der Waals surface area (Å²) >= 11 is 0. The molecule has 0 saturated heterocycles. The molecule has 0 spiro atoms. The van der Waals surface area contributed by atoms with Gasteiger partial charge in [0.2, 0.25) is 5.91 Å². The number of alkyl halides is 3. The molecule has 0 unspecified atom stereocenters. The van der Waals surface area contributed by atoms with E-state index in [9.17, 15) is 27.2 Å². The number of carbonyl (C=O) groups excluding carboxylic acids is 2. The molecule has 0 aliphatic heterocycles. The summed E-state index contributed by atoms with van der Waals surface area (Å²) < 4.78 is 59.1. The fraction of sp³-hybridized carbons (Fsp3) is 0.250. The molecule has 2 aromatic carbocycles. The van der Waals surface area contributed by atoms with Gasteiger partial charge in [0, 0.05) is 7.05 Å². The minimum absolute atomic E-state index is 0.241. The Morgan fingerprint density at radius 3 is 2.28 bits per heavy atom. The van der Waals surface area contributed by atoms with Crippen LogP contribution in [0.2, 0.25) is 0 Å². The Balaban J connectivity index is 2.76. The van der Waals surface area contributed by atoms with E-state index >= 15 is 0 Å². The molecule has 0 bridgehead atoms. The fourth-order valence-electron chi connectivity index (χ4n) is 2.54. The third-order valence-electron chi connectivity index (χ3n) is 3.57. The summed E-state index contributed by atoms with van der Waals surface area (Å²) in [6, 6.07) is 3.87. The number of carbonyl (C=O) groups is 2. The number of ether oxygens (including phenoxy) is 1. The van der Waals surface area contributed by atoms with Crippen LogP contribution < -0.4 is 10.5 Å². The Kier molecular flexibility index (Phi) is 4.87. The molecule has 0 saturated carbocycles. The minimum atomic E-state index is -4.78. The number of halogens is 4. The fourth-order valence-corrected chi connectivity index (χ4v) is 2.54. The topological polar surface area (TPSA) is 72.6 Å². The van der Waals surface area contributed by atoms with Crippen molar-refractivity contribution in [1.82, 2.24) is 4.90 Å². The van der Waals surface area contributed by atoms with Gasteiger partial charge in [-0.15, -0.1) is 0 Å². The Hall–Kier alpha value is -2.84. The highest BCUT2D eigenvalue weighted by atomic mass is 19.4. The van der Waals surface area contributed by atoms with E-state index in [4.69, 9.17) is 10.5 Å². The summed E-state index contributed by atoms with van der Waals surface area (Å²) in [4.78, 5) is 24.2. The van der Waals surface area contributed by atoms with Crippen molar-refractivity contribution in [1.29, 1.82) is 0 Å². The van der Waals surface area contributed by atoms with Crippen molar-refractivity contribution in [3.63, 3.8) is 0 Å². The summed E-state index contributed by atoms with van der Waals surface area (Å²) in [7, 11) is 2.27. The van der Waals surface area contributed by atoms with Crippen LogP contribution in [0.4, 0.5) is 17.6 Å². The largest absolute Gasteiger partial charge is 0.496 e. The number of primary amides is 1. The number of hydrogen-bond donors (Lipinski definition) is 1. The van der Waals surface area contributed by atoms with E-state index in [0.717, 1.165) is 36.3 Å². The van der Waals surface area contributed by atoms with Crippen molar-refractivity contribution in [3.05, 3.63) is 41.2 Å². The third-order valence-corrected chi connectivity index (χ3v) is 3.57. The molecular formula is C16H14F4N2O3. The van der Waals surface area contributed by atoms with Crippen LogP contribution in [0, 0.1) is 5.82 Å². The second-order valence-corrected chi connectivity index (χ2v) is 5.29. The molecule has 0 heterocycles. The molecule has 2 N–H and O–H groups in total. The molecule has 25 heavy (non-hydrogen) atoms. The number of nitrogens with two attached hydrogens (primary N) is 1. The predicted octanol–water partition coefficient (Wildman–Crippen LogP) is 2.56. The van der Waals surface area contributed by atoms with Gasteiger partial charge in [0.15, 0.2) is 0 Å². The molecule has 2 aromatic rings. The van der Waals surface area contributed by atoms with Crippen LogP contribution in [0.15, 0.2) is 24.3 Å². The first-order chi connectivity index (χ1) is 11.6. The van der Waals surface area contributed by atoms with Gasteiger partial charge in [-0.3, -0.25) is 9.59 Å². The average Bonchev–Trinajstić information content (AvgIpc) is 2.51. The van der Waals surface area contributed by atoms with E-state index in [1.54, 1.807) is 0 Å². The lowest BCUT2D eigenvalue weighted by atomic mass is 9.97. The van der Waals surface area contributed by atoms with Crippen LogP contribution in [-0.2, 0) is 11.0 Å². The molecule has 5 nitrogen and oxygen atoms in total.